The fourth-order valence-corrected chi connectivity index (χ4v) is 2.70. The van der Waals surface area contributed by atoms with Crippen molar-refractivity contribution in [2.75, 3.05) is 0 Å². The van der Waals surface area contributed by atoms with Gasteiger partial charge in [0.25, 0.3) is 0 Å². The Kier molecular flexibility index (Phi) is 3.97. The second-order valence-corrected chi connectivity index (χ2v) is 5.43. The Hall–Kier alpha value is -1.32. The maximum Gasteiger partial charge on any atom is 0.0937 e. The van der Waals surface area contributed by atoms with Gasteiger partial charge in [0, 0.05) is 29.2 Å². The molecule has 0 radical (unpaired) electrons. The SMILES string of the molecule is CCn1nc(C)cc1CC(C)(O)c1ccccc1Cl. The minimum Gasteiger partial charge on any atom is -0.385 e. The molecule has 0 aliphatic rings. The maximum absolute atomic E-state index is 10.7. The molecule has 2 rings (SSSR count). The van der Waals surface area contributed by atoms with Crippen molar-refractivity contribution in [3.63, 3.8) is 0 Å². The van der Waals surface area contributed by atoms with Crippen LogP contribution in [0.2, 0.25) is 5.02 Å². The van der Waals surface area contributed by atoms with Crippen LogP contribution in [0, 0.1) is 6.92 Å². The Morgan fingerprint density at radius 3 is 2.68 bits per heavy atom. The summed E-state index contributed by atoms with van der Waals surface area (Å²) in [5.74, 6) is 0. The van der Waals surface area contributed by atoms with E-state index >= 15 is 0 Å². The van der Waals surface area contributed by atoms with Gasteiger partial charge < -0.3 is 5.11 Å². The topological polar surface area (TPSA) is 38.0 Å². The smallest absolute Gasteiger partial charge is 0.0937 e. The first-order chi connectivity index (χ1) is 8.94. The zero-order valence-electron chi connectivity index (χ0n) is 11.5. The van der Waals surface area contributed by atoms with Gasteiger partial charge in [0.05, 0.1) is 11.3 Å². The summed E-state index contributed by atoms with van der Waals surface area (Å²) in [6.07, 6.45) is 0.491. The standard InChI is InChI=1S/C15H19ClN2O/c1-4-18-12(9-11(2)17-18)10-15(3,19)13-7-5-6-8-14(13)16/h5-9,19H,4,10H2,1-3H3. The van der Waals surface area contributed by atoms with E-state index in [2.05, 4.69) is 5.10 Å². The van der Waals surface area contributed by atoms with Gasteiger partial charge in [0.2, 0.25) is 0 Å². The van der Waals surface area contributed by atoms with Crippen molar-refractivity contribution in [1.82, 2.24) is 9.78 Å². The number of aryl methyl sites for hydroxylation is 2. The Morgan fingerprint density at radius 1 is 1.37 bits per heavy atom. The molecule has 1 N–H and O–H groups in total. The van der Waals surface area contributed by atoms with E-state index < -0.39 is 5.60 Å². The summed E-state index contributed by atoms with van der Waals surface area (Å²) in [6, 6.07) is 9.42. The number of aliphatic hydroxyl groups is 1. The second kappa shape index (κ2) is 5.35. The molecular weight excluding hydrogens is 260 g/mol. The van der Waals surface area contributed by atoms with Gasteiger partial charge in [-0.15, -0.1) is 0 Å². The number of halogens is 1. The summed E-state index contributed by atoms with van der Waals surface area (Å²) >= 11 is 6.17. The van der Waals surface area contributed by atoms with E-state index in [0.717, 1.165) is 23.5 Å². The van der Waals surface area contributed by atoms with Crippen molar-refractivity contribution in [3.05, 3.63) is 52.3 Å². The minimum absolute atomic E-state index is 0.491. The fraction of sp³-hybridized carbons (Fsp3) is 0.400. The first-order valence-corrected chi connectivity index (χ1v) is 6.82. The predicted molar refractivity (Wildman–Crippen MR) is 77.4 cm³/mol. The van der Waals surface area contributed by atoms with E-state index in [0.29, 0.717) is 11.4 Å². The minimum atomic E-state index is -1.00. The van der Waals surface area contributed by atoms with Crippen LogP contribution in [0.4, 0.5) is 0 Å². The predicted octanol–water partition coefficient (Wildman–Crippen LogP) is 3.32. The third kappa shape index (κ3) is 2.99. The molecule has 1 atom stereocenters. The highest BCUT2D eigenvalue weighted by atomic mass is 35.5. The van der Waals surface area contributed by atoms with Gasteiger partial charge in [-0.3, -0.25) is 4.68 Å². The molecule has 19 heavy (non-hydrogen) atoms. The van der Waals surface area contributed by atoms with Gasteiger partial charge in [-0.1, -0.05) is 29.8 Å². The van der Waals surface area contributed by atoms with Crippen LogP contribution in [-0.2, 0) is 18.6 Å². The van der Waals surface area contributed by atoms with Crippen molar-refractivity contribution >= 4 is 11.6 Å². The normalized spacial score (nSPS) is 14.4. The average molecular weight is 279 g/mol. The molecule has 0 aliphatic heterocycles. The lowest BCUT2D eigenvalue weighted by atomic mass is 9.91. The molecule has 0 bridgehead atoms. The van der Waals surface area contributed by atoms with Gasteiger partial charge in [-0.25, -0.2) is 0 Å². The van der Waals surface area contributed by atoms with E-state index in [9.17, 15) is 5.11 Å². The highest BCUT2D eigenvalue weighted by molar-refractivity contribution is 6.31. The number of benzene rings is 1. The highest BCUT2D eigenvalue weighted by Gasteiger charge is 2.27. The molecule has 0 saturated heterocycles. The Balaban J connectivity index is 2.33. The van der Waals surface area contributed by atoms with Crippen LogP contribution in [0.1, 0.15) is 30.8 Å². The van der Waals surface area contributed by atoms with Crippen LogP contribution in [0.3, 0.4) is 0 Å². The van der Waals surface area contributed by atoms with Crippen LogP contribution in [-0.4, -0.2) is 14.9 Å². The summed E-state index contributed by atoms with van der Waals surface area (Å²) in [4.78, 5) is 0. The molecule has 4 heteroatoms. The molecule has 0 aliphatic carbocycles. The zero-order chi connectivity index (χ0) is 14.0. The number of hydrogen-bond donors (Lipinski definition) is 1. The second-order valence-electron chi connectivity index (χ2n) is 5.02. The van der Waals surface area contributed by atoms with Gasteiger partial charge in [-0.05, 0) is 32.9 Å². The van der Waals surface area contributed by atoms with Gasteiger partial charge in [-0.2, -0.15) is 5.10 Å². The van der Waals surface area contributed by atoms with E-state index in [1.165, 1.54) is 0 Å². The number of aromatic nitrogens is 2. The molecule has 1 unspecified atom stereocenters. The van der Waals surface area contributed by atoms with Crippen LogP contribution in [0.5, 0.6) is 0 Å². The summed E-state index contributed by atoms with van der Waals surface area (Å²) in [5.41, 5.74) is 1.73. The number of nitrogens with zero attached hydrogens (tertiary/aromatic N) is 2. The molecule has 102 valence electrons. The fourth-order valence-electron chi connectivity index (χ4n) is 2.36. The molecule has 3 nitrogen and oxygen atoms in total. The van der Waals surface area contributed by atoms with Crippen LogP contribution < -0.4 is 0 Å². The van der Waals surface area contributed by atoms with Crippen molar-refractivity contribution in [3.8, 4) is 0 Å². The Bertz CT molecular complexity index is 575. The molecular formula is C15H19ClN2O. The van der Waals surface area contributed by atoms with E-state index in [4.69, 9.17) is 11.6 Å². The molecule has 0 spiro atoms. The first-order valence-electron chi connectivity index (χ1n) is 6.44. The van der Waals surface area contributed by atoms with Gasteiger partial charge in [0.15, 0.2) is 0 Å². The third-order valence-electron chi connectivity index (χ3n) is 3.26. The van der Waals surface area contributed by atoms with E-state index in [1.807, 2.05) is 42.8 Å². The Morgan fingerprint density at radius 2 is 2.05 bits per heavy atom. The number of rotatable bonds is 4. The monoisotopic (exact) mass is 278 g/mol. The molecule has 1 aromatic carbocycles. The summed E-state index contributed by atoms with van der Waals surface area (Å²) in [6.45, 7) is 6.58. The first kappa shape index (κ1) is 14.1. The largest absolute Gasteiger partial charge is 0.385 e. The van der Waals surface area contributed by atoms with Gasteiger partial charge >= 0.3 is 0 Å². The lowest BCUT2D eigenvalue weighted by Crippen LogP contribution is -2.26. The van der Waals surface area contributed by atoms with Crippen molar-refractivity contribution < 1.29 is 5.11 Å². The molecule has 1 heterocycles. The van der Waals surface area contributed by atoms with Crippen molar-refractivity contribution in [2.45, 2.75) is 39.3 Å². The van der Waals surface area contributed by atoms with Crippen molar-refractivity contribution in [2.24, 2.45) is 0 Å². The van der Waals surface area contributed by atoms with E-state index in [-0.39, 0.29) is 0 Å². The highest BCUT2D eigenvalue weighted by Crippen LogP contribution is 2.31. The van der Waals surface area contributed by atoms with Gasteiger partial charge in [0.1, 0.15) is 0 Å². The third-order valence-corrected chi connectivity index (χ3v) is 3.59. The molecule has 0 saturated carbocycles. The molecule has 0 fully saturated rings. The lowest BCUT2D eigenvalue weighted by molar-refractivity contribution is 0.0555. The maximum atomic E-state index is 10.7. The summed E-state index contributed by atoms with van der Waals surface area (Å²) in [7, 11) is 0. The van der Waals surface area contributed by atoms with E-state index in [1.54, 1.807) is 13.0 Å². The Labute approximate surface area is 118 Å². The quantitative estimate of drug-likeness (QED) is 0.932. The lowest BCUT2D eigenvalue weighted by Gasteiger charge is -2.25. The van der Waals surface area contributed by atoms with Crippen LogP contribution >= 0.6 is 11.6 Å². The summed E-state index contributed by atoms with van der Waals surface area (Å²) in [5, 5.41) is 15.7. The summed E-state index contributed by atoms with van der Waals surface area (Å²) < 4.78 is 1.92. The number of hydrogen-bond acceptors (Lipinski definition) is 2. The van der Waals surface area contributed by atoms with Crippen LogP contribution in [0.25, 0.3) is 0 Å². The van der Waals surface area contributed by atoms with Crippen molar-refractivity contribution in [1.29, 1.82) is 0 Å². The molecule has 1 aromatic heterocycles. The molecule has 2 aromatic rings. The van der Waals surface area contributed by atoms with Crippen LogP contribution in [0.15, 0.2) is 30.3 Å². The zero-order valence-corrected chi connectivity index (χ0v) is 12.3. The average Bonchev–Trinajstić information content (AvgIpc) is 2.69. The molecule has 0 amide bonds.